The molecule has 65 valence electrons. The summed E-state index contributed by atoms with van der Waals surface area (Å²) in [6.07, 6.45) is -6.91. The first-order valence-corrected chi connectivity index (χ1v) is 2.71. The molecule has 0 amide bonds. The summed E-state index contributed by atoms with van der Waals surface area (Å²) in [5.41, 5.74) is 0. The normalized spacial score (nSPS) is 36.0. The fourth-order valence-corrected chi connectivity index (χ4v) is 0.791. The molecule has 1 saturated carbocycles. The molecule has 1 fully saturated rings. The molecule has 1 aliphatic rings. The molecule has 0 N–H and O–H groups in total. The summed E-state index contributed by atoms with van der Waals surface area (Å²) in [7, 11) is 0. The van der Waals surface area contributed by atoms with Crippen LogP contribution >= 0.6 is 0 Å². The predicted molar refractivity (Wildman–Crippen MR) is 23.8 cm³/mol. The average molecular weight is 177 g/mol. The third kappa shape index (κ3) is 0.911. The standard InChI is InChI=1S/C5H3F6/c6-2-1-3(7)5(10,11)4(2,8)9/h2H,1H2. The van der Waals surface area contributed by atoms with Crippen LogP contribution in [-0.2, 0) is 0 Å². The van der Waals surface area contributed by atoms with Crippen molar-refractivity contribution in [2.75, 3.05) is 0 Å². The maximum Gasteiger partial charge on any atom is 0.349 e. The van der Waals surface area contributed by atoms with E-state index in [-0.39, 0.29) is 0 Å². The zero-order chi connectivity index (χ0) is 8.86. The largest absolute Gasteiger partial charge is 0.349 e. The van der Waals surface area contributed by atoms with E-state index in [1.807, 2.05) is 0 Å². The van der Waals surface area contributed by atoms with Crippen LogP contribution in [0.1, 0.15) is 6.42 Å². The van der Waals surface area contributed by atoms with Gasteiger partial charge in [-0.05, 0) is 0 Å². The zero-order valence-corrected chi connectivity index (χ0v) is 5.05. The lowest BCUT2D eigenvalue weighted by atomic mass is 10.2. The Hall–Kier alpha value is -0.420. The molecule has 0 nitrogen and oxygen atoms in total. The minimum Gasteiger partial charge on any atom is -0.240 e. The average Bonchev–Trinajstić information content (AvgIpc) is 1.95. The summed E-state index contributed by atoms with van der Waals surface area (Å²) in [6.45, 7) is 0. The number of rotatable bonds is 0. The molecule has 1 radical (unpaired) electrons. The van der Waals surface area contributed by atoms with Crippen LogP contribution in [-0.4, -0.2) is 18.0 Å². The van der Waals surface area contributed by atoms with Gasteiger partial charge in [0.25, 0.3) is 0 Å². The smallest absolute Gasteiger partial charge is 0.240 e. The van der Waals surface area contributed by atoms with Crippen molar-refractivity contribution in [3.63, 3.8) is 0 Å². The van der Waals surface area contributed by atoms with E-state index in [4.69, 9.17) is 0 Å². The quantitative estimate of drug-likeness (QED) is 0.498. The van der Waals surface area contributed by atoms with Crippen LogP contribution in [0.5, 0.6) is 0 Å². The molecule has 0 spiro atoms. The molecule has 0 aromatic heterocycles. The van der Waals surface area contributed by atoms with E-state index in [2.05, 4.69) is 0 Å². The van der Waals surface area contributed by atoms with Gasteiger partial charge in [-0.1, -0.05) is 0 Å². The zero-order valence-electron chi connectivity index (χ0n) is 5.05. The van der Waals surface area contributed by atoms with Crippen LogP contribution in [0.25, 0.3) is 0 Å². The Balaban J connectivity index is 2.95. The van der Waals surface area contributed by atoms with Crippen LogP contribution in [0.15, 0.2) is 0 Å². The molecule has 6 heteroatoms. The Morgan fingerprint density at radius 2 is 1.64 bits per heavy atom. The van der Waals surface area contributed by atoms with Gasteiger partial charge in [-0.2, -0.15) is 17.6 Å². The van der Waals surface area contributed by atoms with E-state index in [1.165, 1.54) is 0 Å². The third-order valence-electron chi connectivity index (χ3n) is 1.51. The fraction of sp³-hybridized carbons (Fsp3) is 0.800. The molecule has 0 heterocycles. The summed E-state index contributed by atoms with van der Waals surface area (Å²) in [6, 6.07) is 0. The monoisotopic (exact) mass is 177 g/mol. The van der Waals surface area contributed by atoms with E-state index in [0.717, 1.165) is 0 Å². The second-order valence-corrected chi connectivity index (χ2v) is 2.27. The Labute approximate surface area is 58.2 Å². The van der Waals surface area contributed by atoms with E-state index in [0.29, 0.717) is 0 Å². The lowest BCUT2D eigenvalue weighted by Gasteiger charge is -2.19. The van der Waals surface area contributed by atoms with Crippen molar-refractivity contribution >= 4 is 0 Å². The SMILES string of the molecule is F[C]1CC(F)C(F)(F)C1(F)F. The van der Waals surface area contributed by atoms with Crippen molar-refractivity contribution in [1.82, 2.24) is 0 Å². The lowest BCUT2D eigenvalue weighted by molar-refractivity contribution is -0.207. The predicted octanol–water partition coefficient (Wildman–Crippen LogP) is 2.50. The van der Waals surface area contributed by atoms with E-state index < -0.39 is 30.6 Å². The van der Waals surface area contributed by atoms with Gasteiger partial charge in [0.1, 0.15) is 0 Å². The van der Waals surface area contributed by atoms with Gasteiger partial charge in [-0.25, -0.2) is 8.78 Å². The first-order chi connectivity index (χ1) is 4.80. The van der Waals surface area contributed by atoms with Gasteiger partial charge in [0.2, 0.25) is 6.17 Å². The van der Waals surface area contributed by atoms with Gasteiger partial charge < -0.3 is 0 Å². The van der Waals surface area contributed by atoms with Crippen LogP contribution in [0.3, 0.4) is 0 Å². The van der Waals surface area contributed by atoms with Crippen LogP contribution in [0, 0.1) is 6.17 Å². The lowest BCUT2D eigenvalue weighted by Crippen LogP contribution is -2.41. The van der Waals surface area contributed by atoms with Crippen molar-refractivity contribution in [3.8, 4) is 0 Å². The fourth-order valence-electron chi connectivity index (χ4n) is 0.791. The molecule has 0 aromatic carbocycles. The Morgan fingerprint density at radius 3 is 1.73 bits per heavy atom. The molecular weight excluding hydrogens is 174 g/mol. The topological polar surface area (TPSA) is 0 Å². The molecule has 1 atom stereocenters. The second kappa shape index (κ2) is 2.04. The highest BCUT2D eigenvalue weighted by Gasteiger charge is 2.73. The highest BCUT2D eigenvalue weighted by atomic mass is 19.3. The molecule has 0 aliphatic heterocycles. The number of alkyl halides is 5. The van der Waals surface area contributed by atoms with Crippen molar-refractivity contribution < 1.29 is 26.3 Å². The maximum absolute atomic E-state index is 12.0. The molecular formula is C5H3F6. The van der Waals surface area contributed by atoms with Crippen LogP contribution in [0.4, 0.5) is 26.3 Å². The van der Waals surface area contributed by atoms with Crippen LogP contribution in [0.2, 0.25) is 0 Å². The molecule has 0 aromatic rings. The molecule has 1 unspecified atom stereocenters. The maximum atomic E-state index is 12.0. The van der Waals surface area contributed by atoms with Gasteiger partial charge in [-0.3, -0.25) is 0 Å². The van der Waals surface area contributed by atoms with E-state index in [9.17, 15) is 26.3 Å². The Kier molecular flexibility index (Phi) is 1.61. The summed E-state index contributed by atoms with van der Waals surface area (Å²) in [5.74, 6) is -9.83. The van der Waals surface area contributed by atoms with Crippen molar-refractivity contribution in [2.24, 2.45) is 0 Å². The summed E-state index contributed by atoms with van der Waals surface area (Å²) in [5, 5.41) is 0. The van der Waals surface area contributed by atoms with E-state index in [1.54, 1.807) is 0 Å². The number of hydrogen-bond acceptors (Lipinski definition) is 0. The summed E-state index contributed by atoms with van der Waals surface area (Å²) >= 11 is 0. The van der Waals surface area contributed by atoms with Gasteiger partial charge >= 0.3 is 11.8 Å². The first kappa shape index (κ1) is 8.67. The van der Waals surface area contributed by atoms with Gasteiger partial charge in [-0.15, -0.1) is 0 Å². The van der Waals surface area contributed by atoms with Crippen molar-refractivity contribution in [2.45, 2.75) is 24.4 Å². The highest BCUT2D eigenvalue weighted by molar-refractivity contribution is 5.14. The molecule has 0 bridgehead atoms. The van der Waals surface area contributed by atoms with Crippen LogP contribution < -0.4 is 0 Å². The van der Waals surface area contributed by atoms with Gasteiger partial charge in [0, 0.05) is 6.42 Å². The van der Waals surface area contributed by atoms with Crippen molar-refractivity contribution in [1.29, 1.82) is 0 Å². The minimum absolute atomic E-state index is 1.51. The highest BCUT2D eigenvalue weighted by Crippen LogP contribution is 2.54. The molecule has 0 saturated heterocycles. The van der Waals surface area contributed by atoms with Gasteiger partial charge in [0.05, 0.1) is 0 Å². The summed E-state index contributed by atoms with van der Waals surface area (Å²) in [4.78, 5) is 0. The first-order valence-electron chi connectivity index (χ1n) is 2.71. The minimum atomic E-state index is -4.94. The Bertz CT molecular complexity index is 146. The molecule has 1 aliphatic carbocycles. The third-order valence-corrected chi connectivity index (χ3v) is 1.51. The molecule has 11 heavy (non-hydrogen) atoms. The number of hydrogen-bond donors (Lipinski definition) is 0. The summed E-state index contributed by atoms with van der Waals surface area (Å²) < 4.78 is 71.7. The van der Waals surface area contributed by atoms with Crippen molar-refractivity contribution in [3.05, 3.63) is 6.17 Å². The number of halogens is 6. The van der Waals surface area contributed by atoms with Gasteiger partial charge in [0.15, 0.2) is 6.17 Å². The Morgan fingerprint density at radius 1 is 1.18 bits per heavy atom. The molecule has 1 rings (SSSR count). The van der Waals surface area contributed by atoms with E-state index >= 15 is 0 Å². The second-order valence-electron chi connectivity index (χ2n) is 2.27.